The number of anilines is 1. The van der Waals surface area contributed by atoms with Crippen LogP contribution in [-0.2, 0) is 0 Å². The number of fused-ring (bicyclic) bond motifs is 1. The summed E-state index contributed by atoms with van der Waals surface area (Å²) in [5, 5.41) is 11.1. The molecule has 1 fully saturated rings. The molecular formula is C12H17N5. The van der Waals surface area contributed by atoms with Gasteiger partial charge in [-0.3, -0.25) is 0 Å². The van der Waals surface area contributed by atoms with E-state index >= 15 is 0 Å². The van der Waals surface area contributed by atoms with Gasteiger partial charge in [-0.15, -0.1) is 5.10 Å². The normalized spacial score (nSPS) is 19.9. The van der Waals surface area contributed by atoms with Crippen molar-refractivity contribution < 1.29 is 0 Å². The van der Waals surface area contributed by atoms with Gasteiger partial charge in [0.25, 0.3) is 0 Å². The van der Waals surface area contributed by atoms with Gasteiger partial charge in [0, 0.05) is 18.8 Å². The lowest BCUT2D eigenvalue weighted by Gasteiger charge is -2.09. The molecule has 0 radical (unpaired) electrons. The Bertz CT molecular complexity index is 453. The minimum Gasteiger partial charge on any atom is -0.353 e. The van der Waals surface area contributed by atoms with E-state index in [1.165, 1.54) is 12.8 Å². The summed E-state index contributed by atoms with van der Waals surface area (Å²) in [5.41, 5.74) is 0.883. The SMILES string of the molecule is c1ccn2nc(NCC[C@H]3CCCN3)nc2c1. The van der Waals surface area contributed by atoms with Gasteiger partial charge in [-0.1, -0.05) is 6.07 Å². The summed E-state index contributed by atoms with van der Waals surface area (Å²) >= 11 is 0. The van der Waals surface area contributed by atoms with Gasteiger partial charge in [0.15, 0.2) is 5.65 Å². The van der Waals surface area contributed by atoms with Gasteiger partial charge in [0.1, 0.15) is 0 Å². The van der Waals surface area contributed by atoms with Gasteiger partial charge >= 0.3 is 0 Å². The van der Waals surface area contributed by atoms with E-state index in [4.69, 9.17) is 0 Å². The van der Waals surface area contributed by atoms with Gasteiger partial charge < -0.3 is 10.6 Å². The fourth-order valence-corrected chi connectivity index (χ4v) is 2.27. The van der Waals surface area contributed by atoms with E-state index in [-0.39, 0.29) is 0 Å². The van der Waals surface area contributed by atoms with Crippen LogP contribution in [0, 0.1) is 0 Å². The highest BCUT2D eigenvalue weighted by Gasteiger charge is 2.13. The van der Waals surface area contributed by atoms with E-state index in [1.54, 1.807) is 4.52 Å². The Kier molecular flexibility index (Phi) is 2.92. The van der Waals surface area contributed by atoms with Crippen molar-refractivity contribution in [2.24, 2.45) is 0 Å². The topological polar surface area (TPSA) is 54.2 Å². The van der Waals surface area contributed by atoms with Crippen LogP contribution in [0.5, 0.6) is 0 Å². The predicted molar refractivity (Wildman–Crippen MR) is 67.1 cm³/mol. The summed E-state index contributed by atoms with van der Waals surface area (Å²) in [5.74, 6) is 0.717. The van der Waals surface area contributed by atoms with E-state index in [2.05, 4.69) is 20.7 Å². The molecule has 90 valence electrons. The Balaban J connectivity index is 1.57. The molecule has 0 aliphatic carbocycles. The average molecular weight is 231 g/mol. The van der Waals surface area contributed by atoms with Crippen LogP contribution in [0.1, 0.15) is 19.3 Å². The van der Waals surface area contributed by atoms with Crippen molar-refractivity contribution >= 4 is 11.6 Å². The van der Waals surface area contributed by atoms with E-state index in [1.807, 2.05) is 24.4 Å². The van der Waals surface area contributed by atoms with E-state index < -0.39 is 0 Å². The smallest absolute Gasteiger partial charge is 0.243 e. The van der Waals surface area contributed by atoms with Crippen molar-refractivity contribution in [1.82, 2.24) is 19.9 Å². The number of aromatic nitrogens is 3. The van der Waals surface area contributed by atoms with E-state index in [0.717, 1.165) is 25.2 Å². The summed E-state index contributed by atoms with van der Waals surface area (Å²) in [6.45, 7) is 2.09. The lowest BCUT2D eigenvalue weighted by atomic mass is 10.2. The Morgan fingerprint density at radius 1 is 1.47 bits per heavy atom. The van der Waals surface area contributed by atoms with Crippen molar-refractivity contribution in [3.05, 3.63) is 24.4 Å². The maximum Gasteiger partial charge on any atom is 0.243 e. The first-order chi connectivity index (χ1) is 8.42. The number of hydrogen-bond donors (Lipinski definition) is 2. The average Bonchev–Trinajstić information content (AvgIpc) is 2.96. The molecule has 17 heavy (non-hydrogen) atoms. The Morgan fingerprint density at radius 2 is 2.47 bits per heavy atom. The molecule has 1 atom stereocenters. The molecule has 0 amide bonds. The standard InChI is InChI=1S/C12H17N5/c1-2-9-17-11(5-1)15-12(16-17)14-8-6-10-4-3-7-13-10/h1-2,5,9-10,13H,3-4,6-8H2,(H,14,16)/t10-/m1/s1. The zero-order chi connectivity index (χ0) is 11.5. The van der Waals surface area contributed by atoms with Crippen LogP contribution >= 0.6 is 0 Å². The maximum atomic E-state index is 4.40. The number of hydrogen-bond acceptors (Lipinski definition) is 4. The minimum atomic E-state index is 0.666. The Labute approximate surface area is 100 Å². The number of nitrogens with zero attached hydrogens (tertiary/aromatic N) is 3. The number of pyridine rings is 1. The molecule has 5 nitrogen and oxygen atoms in total. The van der Waals surface area contributed by atoms with Crippen LogP contribution in [0.3, 0.4) is 0 Å². The third-order valence-corrected chi connectivity index (χ3v) is 3.18. The third-order valence-electron chi connectivity index (χ3n) is 3.18. The molecule has 0 unspecified atom stereocenters. The van der Waals surface area contributed by atoms with Crippen molar-refractivity contribution in [3.63, 3.8) is 0 Å². The van der Waals surface area contributed by atoms with Crippen LogP contribution in [0.4, 0.5) is 5.95 Å². The predicted octanol–water partition coefficient (Wildman–Crippen LogP) is 1.28. The molecule has 3 rings (SSSR count). The van der Waals surface area contributed by atoms with E-state index in [0.29, 0.717) is 12.0 Å². The van der Waals surface area contributed by atoms with Crippen molar-refractivity contribution in [2.75, 3.05) is 18.4 Å². The lowest BCUT2D eigenvalue weighted by Crippen LogP contribution is -2.24. The van der Waals surface area contributed by atoms with Gasteiger partial charge in [0.05, 0.1) is 0 Å². The first kappa shape index (κ1) is 10.5. The molecule has 0 saturated carbocycles. The summed E-state index contributed by atoms with van der Waals surface area (Å²) in [7, 11) is 0. The number of nitrogens with one attached hydrogen (secondary N) is 2. The van der Waals surface area contributed by atoms with Gasteiger partial charge in [0.2, 0.25) is 5.95 Å². The second kappa shape index (κ2) is 4.71. The van der Waals surface area contributed by atoms with Crippen LogP contribution in [0.2, 0.25) is 0 Å². The lowest BCUT2D eigenvalue weighted by molar-refractivity contribution is 0.573. The van der Waals surface area contributed by atoms with Crippen molar-refractivity contribution in [1.29, 1.82) is 0 Å². The second-order valence-electron chi connectivity index (χ2n) is 4.45. The zero-order valence-corrected chi connectivity index (χ0v) is 9.76. The van der Waals surface area contributed by atoms with Crippen LogP contribution in [-0.4, -0.2) is 33.7 Å². The Morgan fingerprint density at radius 3 is 3.29 bits per heavy atom. The van der Waals surface area contributed by atoms with Gasteiger partial charge in [-0.25, -0.2) is 4.52 Å². The second-order valence-corrected chi connectivity index (χ2v) is 4.45. The molecule has 0 spiro atoms. The maximum absolute atomic E-state index is 4.40. The molecule has 0 aromatic carbocycles. The largest absolute Gasteiger partial charge is 0.353 e. The molecule has 2 aromatic rings. The fraction of sp³-hybridized carbons (Fsp3) is 0.500. The highest BCUT2D eigenvalue weighted by molar-refractivity contribution is 5.42. The zero-order valence-electron chi connectivity index (χ0n) is 9.76. The fourth-order valence-electron chi connectivity index (χ4n) is 2.27. The molecule has 5 heteroatoms. The molecular weight excluding hydrogens is 214 g/mol. The van der Waals surface area contributed by atoms with Crippen LogP contribution in [0.15, 0.2) is 24.4 Å². The molecule has 1 aliphatic rings. The first-order valence-corrected chi connectivity index (χ1v) is 6.20. The molecule has 3 heterocycles. The minimum absolute atomic E-state index is 0.666. The quantitative estimate of drug-likeness (QED) is 0.832. The van der Waals surface area contributed by atoms with Gasteiger partial charge in [-0.2, -0.15) is 4.98 Å². The van der Waals surface area contributed by atoms with Crippen LogP contribution < -0.4 is 10.6 Å². The highest BCUT2D eigenvalue weighted by Crippen LogP contribution is 2.09. The summed E-state index contributed by atoms with van der Waals surface area (Å²) in [6.07, 6.45) is 5.64. The van der Waals surface area contributed by atoms with E-state index in [9.17, 15) is 0 Å². The van der Waals surface area contributed by atoms with Gasteiger partial charge in [-0.05, 0) is 37.9 Å². The van der Waals surface area contributed by atoms with Crippen molar-refractivity contribution in [3.8, 4) is 0 Å². The molecule has 2 N–H and O–H groups in total. The highest BCUT2D eigenvalue weighted by atomic mass is 15.3. The molecule has 1 saturated heterocycles. The van der Waals surface area contributed by atoms with Crippen LogP contribution in [0.25, 0.3) is 5.65 Å². The molecule has 2 aromatic heterocycles. The molecule has 1 aliphatic heterocycles. The summed E-state index contributed by atoms with van der Waals surface area (Å²) in [4.78, 5) is 4.40. The summed E-state index contributed by atoms with van der Waals surface area (Å²) in [6, 6.07) is 6.54. The first-order valence-electron chi connectivity index (χ1n) is 6.20. The molecule has 0 bridgehead atoms. The third kappa shape index (κ3) is 2.39. The summed E-state index contributed by atoms with van der Waals surface area (Å²) < 4.78 is 1.79. The van der Waals surface area contributed by atoms with Crippen molar-refractivity contribution in [2.45, 2.75) is 25.3 Å². The Hall–Kier alpha value is -1.62. The number of rotatable bonds is 4. The monoisotopic (exact) mass is 231 g/mol.